The summed E-state index contributed by atoms with van der Waals surface area (Å²) in [6, 6.07) is 26.4. The summed E-state index contributed by atoms with van der Waals surface area (Å²) in [6.45, 7) is 5.08. The van der Waals surface area contributed by atoms with Crippen LogP contribution in [0.3, 0.4) is 0 Å². The van der Waals surface area contributed by atoms with Gasteiger partial charge in [0.1, 0.15) is 23.1 Å². The number of benzene rings is 4. The highest BCUT2D eigenvalue weighted by Crippen LogP contribution is 2.35. The molecule has 0 radical (unpaired) electrons. The second kappa shape index (κ2) is 11.8. The summed E-state index contributed by atoms with van der Waals surface area (Å²) in [5, 5.41) is 11.4. The van der Waals surface area contributed by atoms with E-state index < -0.39 is 22.0 Å². The number of methoxy groups -OCH3 is 1. The third-order valence-electron chi connectivity index (χ3n) is 7.65. The maximum absolute atomic E-state index is 14.5. The average Bonchev–Trinajstić information content (AvgIpc) is 3.42. The zero-order chi connectivity index (χ0) is 30.0. The number of ether oxygens (including phenoxy) is 1. The van der Waals surface area contributed by atoms with E-state index in [2.05, 4.69) is 0 Å². The van der Waals surface area contributed by atoms with Crippen LogP contribution >= 0.6 is 0 Å². The lowest BCUT2D eigenvalue weighted by atomic mass is 10.0. The molecule has 5 aromatic rings. The second-order valence-electron chi connectivity index (χ2n) is 10.4. The molecule has 7 nitrogen and oxygen atoms in total. The molecule has 1 heterocycles. The molecule has 5 rings (SSSR count). The summed E-state index contributed by atoms with van der Waals surface area (Å²) in [5.41, 5.74) is 4.57. The summed E-state index contributed by atoms with van der Waals surface area (Å²) < 4.78 is 41.7. The Morgan fingerprint density at radius 1 is 0.881 bits per heavy atom. The first-order valence-corrected chi connectivity index (χ1v) is 15.1. The lowest BCUT2D eigenvalue weighted by Crippen LogP contribution is -2.46. The Bertz CT molecular complexity index is 1830. The number of fused-ring (bicyclic) bond motifs is 1. The standard InChI is InChI=1S/C34H33NO6S/c1-22-17-31(40-4)23(2)24(3)33(22)42(38,39)35(29(34(36)37)19-25-11-6-5-7-12-25)21-26-13-10-15-27(18-26)32-20-28-14-8-9-16-30(28)41-32/h5-18,20,29H,19,21H2,1-4H3,(H,36,37)/t29-/m0/s1. The van der Waals surface area contributed by atoms with Crippen LogP contribution in [0.25, 0.3) is 22.3 Å². The molecule has 0 unspecified atom stereocenters. The molecule has 0 aliphatic heterocycles. The minimum absolute atomic E-state index is 0.00585. The Balaban J connectivity index is 1.62. The number of carboxylic acids is 1. The molecular weight excluding hydrogens is 550 g/mol. The van der Waals surface area contributed by atoms with E-state index in [9.17, 15) is 18.3 Å². The molecule has 1 atom stereocenters. The fourth-order valence-electron chi connectivity index (χ4n) is 5.39. The Labute approximate surface area is 246 Å². The van der Waals surface area contributed by atoms with Gasteiger partial charge in [-0.25, -0.2) is 8.42 Å². The van der Waals surface area contributed by atoms with Crippen molar-refractivity contribution < 1.29 is 27.5 Å². The lowest BCUT2D eigenvalue weighted by Gasteiger charge is -2.30. The van der Waals surface area contributed by atoms with Gasteiger partial charge in [-0.15, -0.1) is 0 Å². The SMILES string of the molecule is COc1cc(C)c(S(=O)(=O)N(Cc2cccc(-c3cc4ccccc4o3)c2)[C@@H](Cc2ccccc2)C(=O)O)c(C)c1C. The molecule has 216 valence electrons. The van der Waals surface area contributed by atoms with Crippen molar-refractivity contribution in [3.63, 3.8) is 0 Å². The van der Waals surface area contributed by atoms with Crippen LogP contribution in [0.2, 0.25) is 0 Å². The third kappa shape index (κ3) is 5.68. The van der Waals surface area contributed by atoms with Crippen LogP contribution < -0.4 is 4.74 Å². The number of aliphatic carboxylic acids is 1. The Kier molecular flexibility index (Phi) is 8.20. The fourth-order valence-corrected chi connectivity index (χ4v) is 7.45. The molecule has 0 fully saturated rings. The van der Waals surface area contributed by atoms with Gasteiger partial charge in [-0.3, -0.25) is 4.79 Å². The zero-order valence-electron chi connectivity index (χ0n) is 24.0. The van der Waals surface area contributed by atoms with Crippen molar-refractivity contribution in [2.45, 2.75) is 44.7 Å². The summed E-state index contributed by atoms with van der Waals surface area (Å²) >= 11 is 0. The van der Waals surface area contributed by atoms with Crippen LogP contribution in [-0.2, 0) is 27.8 Å². The number of furan rings is 1. The number of nitrogens with zero attached hydrogens (tertiary/aromatic N) is 1. The summed E-state index contributed by atoms with van der Waals surface area (Å²) in [5.74, 6) is -0.00601. The van der Waals surface area contributed by atoms with E-state index in [1.807, 2.05) is 66.7 Å². The first-order chi connectivity index (χ1) is 20.1. The number of para-hydroxylation sites is 1. The van der Waals surface area contributed by atoms with Crippen LogP contribution in [0.1, 0.15) is 27.8 Å². The highest BCUT2D eigenvalue weighted by Gasteiger charge is 2.38. The van der Waals surface area contributed by atoms with Gasteiger partial charge in [-0.1, -0.05) is 66.7 Å². The van der Waals surface area contributed by atoms with E-state index in [1.54, 1.807) is 45.0 Å². The van der Waals surface area contributed by atoms with Gasteiger partial charge in [0.05, 0.1) is 12.0 Å². The largest absolute Gasteiger partial charge is 0.496 e. The van der Waals surface area contributed by atoms with Crippen LogP contribution in [0.4, 0.5) is 0 Å². The molecule has 0 amide bonds. The number of sulfonamides is 1. The summed E-state index contributed by atoms with van der Waals surface area (Å²) in [6.07, 6.45) is 0.00585. The summed E-state index contributed by atoms with van der Waals surface area (Å²) in [4.78, 5) is 12.9. The maximum Gasteiger partial charge on any atom is 0.322 e. The molecule has 0 saturated heterocycles. The van der Waals surface area contributed by atoms with E-state index >= 15 is 0 Å². The first kappa shape index (κ1) is 29.1. The molecule has 1 aromatic heterocycles. The zero-order valence-corrected chi connectivity index (χ0v) is 24.8. The number of aryl methyl sites for hydroxylation is 1. The highest BCUT2D eigenvalue weighted by molar-refractivity contribution is 7.89. The van der Waals surface area contributed by atoms with E-state index in [1.165, 1.54) is 7.11 Å². The van der Waals surface area contributed by atoms with Gasteiger partial charge in [0.25, 0.3) is 0 Å². The van der Waals surface area contributed by atoms with Gasteiger partial charge in [0, 0.05) is 17.5 Å². The van der Waals surface area contributed by atoms with Crippen molar-refractivity contribution >= 4 is 27.0 Å². The van der Waals surface area contributed by atoms with Crippen LogP contribution in [0.15, 0.2) is 100 Å². The number of carboxylic acid groups (broad SMARTS) is 1. The molecule has 42 heavy (non-hydrogen) atoms. The van der Waals surface area contributed by atoms with Crippen molar-refractivity contribution in [1.29, 1.82) is 0 Å². The molecule has 4 aromatic carbocycles. The smallest absolute Gasteiger partial charge is 0.322 e. The third-order valence-corrected chi connectivity index (χ3v) is 9.79. The molecule has 0 spiro atoms. The van der Waals surface area contributed by atoms with Crippen molar-refractivity contribution in [2.24, 2.45) is 0 Å². The summed E-state index contributed by atoms with van der Waals surface area (Å²) in [7, 11) is -2.76. The van der Waals surface area contributed by atoms with Gasteiger partial charge in [-0.05, 0) is 79.3 Å². The van der Waals surface area contributed by atoms with Crippen LogP contribution in [0.5, 0.6) is 5.75 Å². The van der Waals surface area contributed by atoms with Gasteiger partial charge < -0.3 is 14.3 Å². The minimum Gasteiger partial charge on any atom is -0.496 e. The Morgan fingerprint density at radius 3 is 2.26 bits per heavy atom. The molecular formula is C34H33NO6S. The van der Waals surface area contributed by atoms with Crippen molar-refractivity contribution in [3.05, 3.63) is 119 Å². The number of hydrogen-bond acceptors (Lipinski definition) is 5. The minimum atomic E-state index is -4.30. The predicted molar refractivity (Wildman–Crippen MR) is 163 cm³/mol. The molecule has 0 saturated carbocycles. The average molecular weight is 584 g/mol. The fraction of sp³-hybridized carbons (Fsp3) is 0.206. The number of rotatable bonds is 10. The normalized spacial score (nSPS) is 12.5. The van der Waals surface area contributed by atoms with E-state index in [4.69, 9.17) is 9.15 Å². The molecule has 0 bridgehead atoms. The van der Waals surface area contributed by atoms with Gasteiger partial charge in [0.15, 0.2) is 0 Å². The predicted octanol–water partition coefficient (Wildman–Crippen LogP) is 6.92. The quantitative estimate of drug-likeness (QED) is 0.192. The van der Waals surface area contributed by atoms with Gasteiger partial charge in [-0.2, -0.15) is 4.31 Å². The topological polar surface area (TPSA) is 97.1 Å². The van der Waals surface area contributed by atoms with Crippen LogP contribution in [0, 0.1) is 20.8 Å². The van der Waals surface area contributed by atoms with Gasteiger partial charge >= 0.3 is 5.97 Å². The lowest BCUT2D eigenvalue weighted by molar-refractivity contribution is -0.141. The van der Waals surface area contributed by atoms with Crippen molar-refractivity contribution in [3.8, 4) is 17.1 Å². The molecule has 8 heteroatoms. The highest BCUT2D eigenvalue weighted by atomic mass is 32.2. The van der Waals surface area contributed by atoms with E-state index in [0.29, 0.717) is 33.8 Å². The molecule has 1 N–H and O–H groups in total. The van der Waals surface area contributed by atoms with E-state index in [0.717, 1.165) is 26.4 Å². The van der Waals surface area contributed by atoms with Crippen LogP contribution in [-0.4, -0.2) is 37.0 Å². The van der Waals surface area contributed by atoms with Crippen molar-refractivity contribution in [1.82, 2.24) is 4.31 Å². The first-order valence-electron chi connectivity index (χ1n) is 13.6. The van der Waals surface area contributed by atoms with Crippen molar-refractivity contribution in [2.75, 3.05) is 7.11 Å². The Hall–Kier alpha value is -4.40. The molecule has 0 aliphatic rings. The number of carbonyl (C=O) groups is 1. The monoisotopic (exact) mass is 583 g/mol. The molecule has 0 aliphatic carbocycles. The maximum atomic E-state index is 14.5. The van der Waals surface area contributed by atoms with Gasteiger partial charge in [0.2, 0.25) is 10.0 Å². The van der Waals surface area contributed by atoms with E-state index in [-0.39, 0.29) is 17.9 Å². The Morgan fingerprint density at radius 2 is 1.57 bits per heavy atom. The second-order valence-corrected chi connectivity index (χ2v) is 12.2. The number of hydrogen-bond donors (Lipinski definition) is 1.